The third kappa shape index (κ3) is 3.82. The van der Waals surface area contributed by atoms with Crippen molar-refractivity contribution in [2.24, 2.45) is 0 Å². The van der Waals surface area contributed by atoms with Crippen LogP contribution in [0, 0.1) is 0 Å². The van der Waals surface area contributed by atoms with Crippen molar-refractivity contribution in [2.45, 2.75) is 44.8 Å². The van der Waals surface area contributed by atoms with Crippen LogP contribution in [0.1, 0.15) is 44.2 Å². The molecule has 1 aliphatic carbocycles. The van der Waals surface area contributed by atoms with Gasteiger partial charge in [-0.25, -0.2) is 4.68 Å². The number of ether oxygens (including phenoxy) is 2. The van der Waals surface area contributed by atoms with E-state index in [1.807, 2.05) is 47.3 Å². The van der Waals surface area contributed by atoms with Gasteiger partial charge in [0.25, 0.3) is 0 Å². The lowest BCUT2D eigenvalue weighted by molar-refractivity contribution is 0.200. The summed E-state index contributed by atoms with van der Waals surface area (Å²) in [6, 6.07) is 16.3. The average Bonchev–Trinajstić information content (AvgIpc) is 3.40. The summed E-state index contributed by atoms with van der Waals surface area (Å²) in [5.41, 5.74) is 3.06. The summed E-state index contributed by atoms with van der Waals surface area (Å²) in [5, 5.41) is 8.67. The van der Waals surface area contributed by atoms with E-state index in [0.717, 1.165) is 41.2 Å². The van der Waals surface area contributed by atoms with Gasteiger partial charge in [0.2, 0.25) is 0 Å². The Bertz CT molecular complexity index is 886. The van der Waals surface area contributed by atoms with Crippen molar-refractivity contribution in [3.8, 4) is 22.8 Å². The lowest BCUT2D eigenvalue weighted by atomic mass is 10.1. The Morgan fingerprint density at radius 2 is 1.81 bits per heavy atom. The van der Waals surface area contributed by atoms with Crippen molar-refractivity contribution in [1.29, 1.82) is 0 Å². The van der Waals surface area contributed by atoms with Crippen LogP contribution in [0.15, 0.2) is 54.7 Å². The molecule has 1 aromatic heterocycles. The van der Waals surface area contributed by atoms with Crippen LogP contribution in [-0.4, -0.2) is 28.2 Å². The first-order valence-electron chi connectivity index (χ1n) is 9.56. The molecule has 140 valence electrons. The summed E-state index contributed by atoms with van der Waals surface area (Å²) < 4.78 is 13.6. The first kappa shape index (κ1) is 17.6. The second kappa shape index (κ2) is 7.82. The SMILES string of the molecule is COc1ccc(C(C)n2cc(-c3ccccc3)nn2)cc1OC1CCCC1. The zero-order valence-corrected chi connectivity index (χ0v) is 15.8. The highest BCUT2D eigenvalue weighted by Crippen LogP contribution is 2.34. The molecule has 2 aromatic carbocycles. The van der Waals surface area contributed by atoms with Gasteiger partial charge in [-0.3, -0.25) is 0 Å². The van der Waals surface area contributed by atoms with Gasteiger partial charge >= 0.3 is 0 Å². The summed E-state index contributed by atoms with van der Waals surface area (Å²) >= 11 is 0. The Morgan fingerprint density at radius 1 is 1.04 bits per heavy atom. The molecule has 0 spiro atoms. The van der Waals surface area contributed by atoms with E-state index in [9.17, 15) is 0 Å². The molecule has 0 N–H and O–H groups in total. The molecule has 1 fully saturated rings. The average molecular weight is 363 g/mol. The van der Waals surface area contributed by atoms with Crippen molar-refractivity contribution < 1.29 is 9.47 Å². The minimum Gasteiger partial charge on any atom is -0.493 e. The van der Waals surface area contributed by atoms with E-state index >= 15 is 0 Å². The van der Waals surface area contributed by atoms with Crippen molar-refractivity contribution in [2.75, 3.05) is 7.11 Å². The smallest absolute Gasteiger partial charge is 0.161 e. The molecule has 1 heterocycles. The van der Waals surface area contributed by atoms with E-state index < -0.39 is 0 Å². The molecule has 1 aliphatic rings. The van der Waals surface area contributed by atoms with Gasteiger partial charge in [-0.2, -0.15) is 0 Å². The van der Waals surface area contributed by atoms with Crippen LogP contribution in [0.2, 0.25) is 0 Å². The second-order valence-corrected chi connectivity index (χ2v) is 7.06. The fraction of sp³-hybridized carbons (Fsp3) is 0.364. The molecule has 0 radical (unpaired) electrons. The second-order valence-electron chi connectivity index (χ2n) is 7.06. The molecule has 0 bridgehead atoms. The number of aromatic nitrogens is 3. The Kier molecular flexibility index (Phi) is 5.10. The summed E-state index contributed by atoms with van der Waals surface area (Å²) in [7, 11) is 1.68. The van der Waals surface area contributed by atoms with Crippen molar-refractivity contribution in [3.05, 3.63) is 60.3 Å². The van der Waals surface area contributed by atoms with Crippen LogP contribution in [-0.2, 0) is 0 Å². The van der Waals surface area contributed by atoms with E-state index in [4.69, 9.17) is 9.47 Å². The molecule has 0 amide bonds. The summed E-state index contributed by atoms with van der Waals surface area (Å²) in [5.74, 6) is 1.60. The molecule has 1 atom stereocenters. The van der Waals surface area contributed by atoms with Gasteiger partial charge in [-0.05, 0) is 50.3 Å². The number of hydrogen-bond acceptors (Lipinski definition) is 4. The Labute approximate surface area is 159 Å². The van der Waals surface area contributed by atoms with Gasteiger partial charge < -0.3 is 9.47 Å². The fourth-order valence-electron chi connectivity index (χ4n) is 3.59. The highest BCUT2D eigenvalue weighted by atomic mass is 16.5. The van der Waals surface area contributed by atoms with E-state index in [2.05, 4.69) is 29.4 Å². The molecule has 5 heteroatoms. The van der Waals surface area contributed by atoms with Gasteiger partial charge in [0.15, 0.2) is 11.5 Å². The Hall–Kier alpha value is -2.82. The summed E-state index contributed by atoms with van der Waals surface area (Å²) in [4.78, 5) is 0. The molecule has 0 aliphatic heterocycles. The van der Waals surface area contributed by atoms with Gasteiger partial charge in [0, 0.05) is 5.56 Å². The summed E-state index contributed by atoms with van der Waals surface area (Å²) in [6.07, 6.45) is 7.00. The van der Waals surface area contributed by atoms with E-state index in [1.165, 1.54) is 12.8 Å². The zero-order chi connectivity index (χ0) is 18.6. The third-order valence-corrected chi connectivity index (χ3v) is 5.24. The maximum atomic E-state index is 6.23. The predicted molar refractivity (Wildman–Crippen MR) is 105 cm³/mol. The monoisotopic (exact) mass is 363 g/mol. The minimum atomic E-state index is 0.0480. The number of methoxy groups -OCH3 is 1. The number of benzene rings is 2. The molecular weight excluding hydrogens is 338 g/mol. The topological polar surface area (TPSA) is 49.2 Å². The quantitative estimate of drug-likeness (QED) is 0.626. The normalized spacial score (nSPS) is 15.6. The predicted octanol–water partition coefficient (Wildman–Crippen LogP) is 4.88. The van der Waals surface area contributed by atoms with Crippen molar-refractivity contribution in [1.82, 2.24) is 15.0 Å². The lowest BCUT2D eigenvalue weighted by Gasteiger charge is -2.19. The van der Waals surface area contributed by atoms with Crippen LogP contribution in [0.5, 0.6) is 11.5 Å². The van der Waals surface area contributed by atoms with Crippen LogP contribution < -0.4 is 9.47 Å². The number of rotatable bonds is 6. The molecule has 3 aromatic rings. The molecule has 4 rings (SSSR count). The number of hydrogen-bond donors (Lipinski definition) is 0. The Morgan fingerprint density at radius 3 is 2.56 bits per heavy atom. The summed E-state index contributed by atoms with van der Waals surface area (Å²) in [6.45, 7) is 2.12. The van der Waals surface area contributed by atoms with Crippen LogP contribution >= 0.6 is 0 Å². The van der Waals surface area contributed by atoms with Crippen LogP contribution in [0.4, 0.5) is 0 Å². The van der Waals surface area contributed by atoms with E-state index in [-0.39, 0.29) is 6.04 Å². The van der Waals surface area contributed by atoms with Crippen LogP contribution in [0.25, 0.3) is 11.3 Å². The van der Waals surface area contributed by atoms with E-state index in [1.54, 1.807) is 7.11 Å². The lowest BCUT2D eigenvalue weighted by Crippen LogP contribution is -2.13. The largest absolute Gasteiger partial charge is 0.493 e. The standard InChI is InChI=1S/C22H25N3O2/c1-16(25-15-20(23-24-25)17-8-4-3-5-9-17)18-12-13-21(26-2)22(14-18)27-19-10-6-7-11-19/h3-5,8-9,12-16,19H,6-7,10-11H2,1-2H3. The van der Waals surface area contributed by atoms with E-state index in [0.29, 0.717) is 6.10 Å². The van der Waals surface area contributed by atoms with Gasteiger partial charge in [-0.1, -0.05) is 41.6 Å². The van der Waals surface area contributed by atoms with Crippen LogP contribution in [0.3, 0.4) is 0 Å². The molecule has 1 unspecified atom stereocenters. The van der Waals surface area contributed by atoms with Gasteiger partial charge in [-0.15, -0.1) is 5.10 Å². The first-order valence-corrected chi connectivity index (χ1v) is 9.56. The van der Waals surface area contributed by atoms with Gasteiger partial charge in [0.05, 0.1) is 25.5 Å². The molecule has 5 nitrogen and oxygen atoms in total. The molecular formula is C22H25N3O2. The first-order chi connectivity index (χ1) is 13.2. The third-order valence-electron chi connectivity index (χ3n) is 5.24. The fourth-order valence-corrected chi connectivity index (χ4v) is 3.59. The highest BCUT2D eigenvalue weighted by molar-refractivity contribution is 5.57. The molecule has 0 saturated heterocycles. The maximum absolute atomic E-state index is 6.23. The molecule has 1 saturated carbocycles. The van der Waals surface area contributed by atoms with Crippen molar-refractivity contribution in [3.63, 3.8) is 0 Å². The van der Waals surface area contributed by atoms with Gasteiger partial charge in [0.1, 0.15) is 5.69 Å². The maximum Gasteiger partial charge on any atom is 0.161 e. The minimum absolute atomic E-state index is 0.0480. The molecule has 27 heavy (non-hydrogen) atoms. The van der Waals surface area contributed by atoms with Crippen molar-refractivity contribution >= 4 is 0 Å². The zero-order valence-electron chi connectivity index (χ0n) is 15.8. The Balaban J connectivity index is 1.58. The highest BCUT2D eigenvalue weighted by Gasteiger charge is 2.20. The number of nitrogens with zero attached hydrogens (tertiary/aromatic N) is 3.